The third kappa shape index (κ3) is 3.66. The molecule has 0 aromatic heterocycles. The van der Waals surface area contributed by atoms with Crippen molar-refractivity contribution < 1.29 is 19.3 Å². The van der Waals surface area contributed by atoms with Crippen molar-refractivity contribution in [3.8, 4) is 0 Å². The Labute approximate surface area is 181 Å². The van der Waals surface area contributed by atoms with Crippen LogP contribution in [0.2, 0.25) is 0 Å². The Morgan fingerprint density at radius 3 is 2.52 bits per heavy atom. The Kier molecular flexibility index (Phi) is 6.33. The van der Waals surface area contributed by atoms with Gasteiger partial charge in [0.1, 0.15) is 0 Å². The largest absolute Gasteiger partial charge is 0.367 e. The first-order valence-electron chi connectivity index (χ1n) is 10.9. The molecule has 2 atom stereocenters. The van der Waals surface area contributed by atoms with Gasteiger partial charge in [0.05, 0.1) is 11.0 Å². The number of fused-ring (bicyclic) bond motifs is 1. The molecule has 0 aliphatic carbocycles. The van der Waals surface area contributed by atoms with Gasteiger partial charge in [-0.15, -0.1) is 0 Å². The smallest absolute Gasteiger partial charge is 0.331 e. The van der Waals surface area contributed by atoms with E-state index in [1.165, 1.54) is 12.1 Å². The van der Waals surface area contributed by atoms with Gasteiger partial charge in [0.25, 0.3) is 5.69 Å². The van der Waals surface area contributed by atoms with Gasteiger partial charge in [-0.25, -0.2) is 4.79 Å². The molecule has 1 saturated heterocycles. The summed E-state index contributed by atoms with van der Waals surface area (Å²) in [6, 6.07) is 3.06. The monoisotopic (exact) mass is 430 g/mol. The van der Waals surface area contributed by atoms with E-state index in [0.29, 0.717) is 18.5 Å². The zero-order valence-corrected chi connectivity index (χ0v) is 18.5. The SMILES string of the molecule is CCCCN1c2ccc([N+](=O)[O-])cc2CC2(C(=O)NC(=O)N(C(C)C)C2=O)C1CCC. The fourth-order valence-electron chi connectivity index (χ4n) is 4.83. The van der Waals surface area contributed by atoms with E-state index in [2.05, 4.69) is 17.1 Å². The number of carbonyl (C=O) groups excluding carboxylic acids is 3. The topological polar surface area (TPSA) is 113 Å². The molecule has 0 bridgehead atoms. The number of nitrogens with zero attached hydrogens (tertiary/aromatic N) is 3. The number of nitro groups is 1. The van der Waals surface area contributed by atoms with Gasteiger partial charge in [0.15, 0.2) is 5.41 Å². The van der Waals surface area contributed by atoms with Crippen LogP contribution < -0.4 is 10.2 Å². The summed E-state index contributed by atoms with van der Waals surface area (Å²) in [5.74, 6) is -1.13. The number of rotatable bonds is 7. The summed E-state index contributed by atoms with van der Waals surface area (Å²) in [5, 5.41) is 13.8. The van der Waals surface area contributed by atoms with Crippen molar-refractivity contribution in [2.75, 3.05) is 11.4 Å². The molecule has 1 spiro atoms. The molecular weight excluding hydrogens is 400 g/mol. The zero-order valence-electron chi connectivity index (χ0n) is 18.5. The third-order valence-corrected chi connectivity index (χ3v) is 6.27. The lowest BCUT2D eigenvalue weighted by Gasteiger charge is -2.52. The molecule has 0 saturated carbocycles. The van der Waals surface area contributed by atoms with Crippen molar-refractivity contribution in [1.29, 1.82) is 0 Å². The highest BCUT2D eigenvalue weighted by atomic mass is 16.6. The zero-order chi connectivity index (χ0) is 22.9. The number of carbonyl (C=O) groups is 3. The van der Waals surface area contributed by atoms with Gasteiger partial charge in [0.2, 0.25) is 11.8 Å². The molecule has 1 aromatic carbocycles. The Hall–Kier alpha value is -2.97. The average Bonchev–Trinajstić information content (AvgIpc) is 2.70. The number of hydrogen-bond acceptors (Lipinski definition) is 6. The van der Waals surface area contributed by atoms with Gasteiger partial charge in [-0.3, -0.25) is 29.9 Å². The third-order valence-electron chi connectivity index (χ3n) is 6.27. The van der Waals surface area contributed by atoms with Crippen LogP contribution in [0.3, 0.4) is 0 Å². The first-order chi connectivity index (χ1) is 14.7. The maximum absolute atomic E-state index is 13.8. The lowest BCUT2D eigenvalue weighted by molar-refractivity contribution is -0.384. The van der Waals surface area contributed by atoms with Crippen LogP contribution in [0.1, 0.15) is 58.9 Å². The van der Waals surface area contributed by atoms with Crippen molar-refractivity contribution >= 4 is 29.2 Å². The van der Waals surface area contributed by atoms with Crippen LogP contribution in [0.25, 0.3) is 0 Å². The fourth-order valence-corrected chi connectivity index (χ4v) is 4.83. The second-order valence-electron chi connectivity index (χ2n) is 8.60. The molecule has 0 radical (unpaired) electrons. The predicted molar refractivity (Wildman–Crippen MR) is 116 cm³/mol. The standard InChI is InChI=1S/C22H30N4O5/c1-5-7-11-24-17-10-9-16(26(30)31)12-15(17)13-22(18(24)8-6-2)19(27)23-21(29)25(14(3)4)20(22)28/h9-10,12,14,18H,5-8,11,13H2,1-4H3,(H,23,27,29). The number of non-ortho nitro benzene ring substituents is 1. The number of benzene rings is 1. The fraction of sp³-hybridized carbons (Fsp3) is 0.591. The number of barbiturate groups is 1. The van der Waals surface area contributed by atoms with Gasteiger partial charge in [-0.1, -0.05) is 26.7 Å². The summed E-state index contributed by atoms with van der Waals surface area (Å²) in [6.07, 6.45) is 3.11. The molecule has 9 nitrogen and oxygen atoms in total. The van der Waals surface area contributed by atoms with Gasteiger partial charge in [0, 0.05) is 36.8 Å². The maximum Gasteiger partial charge on any atom is 0.331 e. The molecule has 3 rings (SSSR count). The number of hydrogen-bond donors (Lipinski definition) is 1. The van der Waals surface area contributed by atoms with E-state index >= 15 is 0 Å². The first-order valence-corrected chi connectivity index (χ1v) is 10.9. The minimum Gasteiger partial charge on any atom is -0.367 e. The molecule has 168 valence electrons. The number of anilines is 1. The van der Waals surface area contributed by atoms with Gasteiger partial charge >= 0.3 is 6.03 Å². The molecule has 31 heavy (non-hydrogen) atoms. The molecule has 1 aromatic rings. The van der Waals surface area contributed by atoms with Crippen LogP contribution in [-0.2, 0) is 16.0 Å². The van der Waals surface area contributed by atoms with E-state index < -0.39 is 40.3 Å². The number of nitrogens with one attached hydrogen (secondary N) is 1. The molecule has 2 aliphatic rings. The highest BCUT2D eigenvalue weighted by molar-refractivity contribution is 6.20. The molecule has 2 aliphatic heterocycles. The number of imide groups is 2. The Morgan fingerprint density at radius 1 is 1.23 bits per heavy atom. The van der Waals surface area contributed by atoms with Crippen LogP contribution in [0.5, 0.6) is 0 Å². The normalized spacial score (nSPS) is 23.4. The summed E-state index contributed by atoms with van der Waals surface area (Å²) in [6.45, 7) is 8.12. The van der Waals surface area contributed by atoms with Crippen LogP contribution in [0.15, 0.2) is 18.2 Å². The molecule has 2 unspecified atom stereocenters. The van der Waals surface area contributed by atoms with Crippen molar-refractivity contribution in [2.45, 2.75) is 71.9 Å². The van der Waals surface area contributed by atoms with Gasteiger partial charge in [-0.05, 0) is 38.3 Å². The van der Waals surface area contributed by atoms with Crippen LogP contribution in [0, 0.1) is 15.5 Å². The van der Waals surface area contributed by atoms with E-state index in [4.69, 9.17) is 0 Å². The second kappa shape index (κ2) is 8.64. The van der Waals surface area contributed by atoms with E-state index in [1.807, 2.05) is 6.92 Å². The molecular formula is C22H30N4O5. The Balaban J connectivity index is 2.23. The van der Waals surface area contributed by atoms with Crippen molar-refractivity contribution in [3.63, 3.8) is 0 Å². The summed E-state index contributed by atoms with van der Waals surface area (Å²) in [7, 11) is 0. The number of unbranched alkanes of at least 4 members (excludes halogenated alkanes) is 1. The minimum absolute atomic E-state index is 0.0263. The summed E-state index contributed by atoms with van der Waals surface area (Å²) in [4.78, 5) is 53.7. The first kappa shape index (κ1) is 22.7. The molecule has 9 heteroatoms. The van der Waals surface area contributed by atoms with E-state index in [1.54, 1.807) is 19.9 Å². The lowest BCUT2D eigenvalue weighted by atomic mass is 9.67. The molecule has 1 fully saturated rings. The van der Waals surface area contributed by atoms with E-state index in [-0.39, 0.29) is 12.1 Å². The number of urea groups is 1. The minimum atomic E-state index is -1.51. The van der Waals surface area contributed by atoms with E-state index in [9.17, 15) is 24.5 Å². The molecule has 2 heterocycles. The summed E-state index contributed by atoms with van der Waals surface area (Å²) < 4.78 is 0. The van der Waals surface area contributed by atoms with Crippen molar-refractivity contribution in [3.05, 3.63) is 33.9 Å². The van der Waals surface area contributed by atoms with Crippen molar-refractivity contribution in [2.24, 2.45) is 5.41 Å². The highest BCUT2D eigenvalue weighted by Gasteiger charge is 2.62. The van der Waals surface area contributed by atoms with Crippen LogP contribution in [-0.4, -0.2) is 46.3 Å². The van der Waals surface area contributed by atoms with Gasteiger partial charge in [-0.2, -0.15) is 0 Å². The maximum atomic E-state index is 13.8. The molecule has 1 N–H and O–H groups in total. The quantitative estimate of drug-likeness (QED) is 0.403. The van der Waals surface area contributed by atoms with E-state index in [0.717, 1.165) is 29.8 Å². The molecule has 4 amide bonds. The van der Waals surface area contributed by atoms with Crippen molar-refractivity contribution in [1.82, 2.24) is 10.2 Å². The highest BCUT2D eigenvalue weighted by Crippen LogP contribution is 2.47. The Morgan fingerprint density at radius 2 is 1.94 bits per heavy atom. The van der Waals surface area contributed by atoms with Crippen LogP contribution >= 0.6 is 0 Å². The Bertz CT molecular complexity index is 915. The lowest BCUT2D eigenvalue weighted by Crippen LogP contribution is -2.73. The second-order valence-corrected chi connectivity index (χ2v) is 8.60. The summed E-state index contributed by atoms with van der Waals surface area (Å²) >= 11 is 0. The average molecular weight is 431 g/mol. The summed E-state index contributed by atoms with van der Waals surface area (Å²) in [5.41, 5.74) is -0.195. The van der Waals surface area contributed by atoms with Gasteiger partial charge < -0.3 is 4.90 Å². The van der Waals surface area contributed by atoms with Crippen LogP contribution in [0.4, 0.5) is 16.2 Å². The number of amides is 4. The predicted octanol–water partition coefficient (Wildman–Crippen LogP) is 3.40. The number of nitro benzene ring substituents is 1.